The zero-order valence-electron chi connectivity index (χ0n) is 6.51. The van der Waals surface area contributed by atoms with Crippen molar-refractivity contribution in [3.8, 4) is 11.4 Å². The first-order valence-electron chi connectivity index (χ1n) is 3.79. The predicted octanol–water partition coefficient (Wildman–Crippen LogP) is 0.692. The lowest BCUT2D eigenvalue weighted by atomic mass is 10.2. The first kappa shape index (κ1) is 9.60. The van der Waals surface area contributed by atoms with E-state index >= 15 is 0 Å². The highest BCUT2D eigenvalue weighted by Gasteiger charge is 1.95. The molecule has 2 aromatic heterocycles. The molecule has 2 nitrogen and oxygen atoms in total. The van der Waals surface area contributed by atoms with Gasteiger partial charge in [-0.3, -0.25) is 9.97 Å². The van der Waals surface area contributed by atoms with Gasteiger partial charge in [-0.2, -0.15) is 0 Å². The summed E-state index contributed by atoms with van der Waals surface area (Å²) in [6.07, 6.45) is 3.54. The maximum Gasteiger partial charge on any atom is 0.0886 e. The van der Waals surface area contributed by atoms with E-state index in [1.807, 2.05) is 36.4 Å². The molecule has 0 N–H and O–H groups in total. The van der Waals surface area contributed by atoms with Crippen LogP contribution in [0.2, 0.25) is 0 Å². The largest absolute Gasteiger partial charge is 0.255 e. The summed E-state index contributed by atoms with van der Waals surface area (Å²) < 4.78 is 0. The topological polar surface area (TPSA) is 25.8 Å². The second kappa shape index (κ2) is 4.52. The van der Waals surface area contributed by atoms with Gasteiger partial charge in [-0.05, 0) is 35.2 Å². The number of rotatable bonds is 1. The lowest BCUT2D eigenvalue weighted by Crippen LogP contribution is -1.83. The molecule has 2 heterocycles. The Labute approximate surface area is 81.7 Å². The van der Waals surface area contributed by atoms with Crippen LogP contribution in [0.4, 0.5) is 0 Å². The van der Waals surface area contributed by atoms with E-state index in [2.05, 4.69) is 9.97 Å². The zero-order valence-corrected chi connectivity index (χ0v) is 6.51. The zero-order chi connectivity index (χ0) is 8.23. The fourth-order valence-electron chi connectivity index (χ4n) is 1.03. The van der Waals surface area contributed by atoms with E-state index in [4.69, 9.17) is 0 Å². The molecular formula is C10H12N2Si. The van der Waals surface area contributed by atoms with Crippen LogP contribution in [0.3, 0.4) is 0 Å². The van der Waals surface area contributed by atoms with Crippen molar-refractivity contribution in [2.75, 3.05) is 0 Å². The third kappa shape index (κ3) is 2.22. The number of nitrogens with zero attached hydrogens (tertiary/aromatic N) is 2. The molecule has 2 rings (SSSR count). The van der Waals surface area contributed by atoms with Crippen LogP contribution in [0, 0.1) is 0 Å². The van der Waals surface area contributed by atoms with Crippen LogP contribution < -0.4 is 0 Å². The lowest BCUT2D eigenvalue weighted by molar-refractivity contribution is 1.25. The summed E-state index contributed by atoms with van der Waals surface area (Å²) >= 11 is 0. The summed E-state index contributed by atoms with van der Waals surface area (Å²) in [6.45, 7) is 0. The number of aromatic nitrogens is 2. The molecule has 13 heavy (non-hydrogen) atoms. The van der Waals surface area contributed by atoms with Gasteiger partial charge in [-0.25, -0.2) is 0 Å². The smallest absolute Gasteiger partial charge is 0.0886 e. The Bertz CT molecular complexity index is 310. The van der Waals surface area contributed by atoms with Crippen molar-refractivity contribution in [1.82, 2.24) is 9.97 Å². The van der Waals surface area contributed by atoms with Gasteiger partial charge in [0.15, 0.2) is 0 Å². The van der Waals surface area contributed by atoms with Gasteiger partial charge in [-0.15, -0.1) is 0 Å². The molecule has 0 radical (unpaired) electrons. The predicted molar refractivity (Wildman–Crippen MR) is 58.8 cm³/mol. The molecule has 0 spiro atoms. The second-order valence-electron chi connectivity index (χ2n) is 2.43. The third-order valence-corrected chi connectivity index (χ3v) is 1.59. The summed E-state index contributed by atoms with van der Waals surface area (Å²) in [5.74, 6) is 0. The minimum atomic E-state index is 0. The summed E-state index contributed by atoms with van der Waals surface area (Å²) in [5.41, 5.74) is 1.83. The molecule has 2 aromatic rings. The molecule has 66 valence electrons. The van der Waals surface area contributed by atoms with Gasteiger partial charge in [-0.1, -0.05) is 12.1 Å². The minimum Gasteiger partial charge on any atom is -0.255 e. The van der Waals surface area contributed by atoms with E-state index in [1.54, 1.807) is 12.4 Å². The Hall–Kier alpha value is -1.48. The van der Waals surface area contributed by atoms with E-state index in [9.17, 15) is 0 Å². The van der Waals surface area contributed by atoms with E-state index in [-0.39, 0.29) is 11.0 Å². The first-order chi connectivity index (χ1) is 5.97. The number of hydrogen-bond acceptors (Lipinski definition) is 2. The molecule has 0 fully saturated rings. The second-order valence-corrected chi connectivity index (χ2v) is 2.43. The summed E-state index contributed by atoms with van der Waals surface area (Å²) in [5, 5.41) is 0. The van der Waals surface area contributed by atoms with Gasteiger partial charge in [0.05, 0.1) is 11.4 Å². The molecule has 0 aliphatic rings. The average Bonchev–Trinajstić information content (AvgIpc) is 2.21. The molecule has 0 saturated heterocycles. The SMILES string of the molecule is [SiH4].c1ccc(-c2ccccn2)nc1. The minimum absolute atomic E-state index is 0. The summed E-state index contributed by atoms with van der Waals surface area (Å²) in [4.78, 5) is 8.37. The maximum atomic E-state index is 4.19. The lowest BCUT2D eigenvalue weighted by Gasteiger charge is -1.96. The highest BCUT2D eigenvalue weighted by Crippen LogP contribution is 2.10. The first-order valence-corrected chi connectivity index (χ1v) is 3.79. The van der Waals surface area contributed by atoms with Gasteiger partial charge < -0.3 is 0 Å². The number of pyridine rings is 2. The molecule has 0 aliphatic carbocycles. The molecule has 0 bridgehead atoms. The van der Waals surface area contributed by atoms with E-state index in [0.717, 1.165) is 11.4 Å². The fourth-order valence-corrected chi connectivity index (χ4v) is 1.03. The van der Waals surface area contributed by atoms with Gasteiger partial charge in [0, 0.05) is 12.4 Å². The van der Waals surface area contributed by atoms with Crippen molar-refractivity contribution in [3.05, 3.63) is 48.8 Å². The van der Waals surface area contributed by atoms with Gasteiger partial charge in [0.25, 0.3) is 0 Å². The normalized spacial score (nSPS) is 8.92. The Morgan fingerprint density at radius 2 is 1.15 bits per heavy atom. The van der Waals surface area contributed by atoms with Crippen LogP contribution in [0.1, 0.15) is 0 Å². The van der Waals surface area contributed by atoms with Crippen LogP contribution in [-0.4, -0.2) is 20.9 Å². The van der Waals surface area contributed by atoms with Crippen molar-refractivity contribution in [2.45, 2.75) is 0 Å². The van der Waals surface area contributed by atoms with Crippen LogP contribution in [-0.2, 0) is 0 Å². The van der Waals surface area contributed by atoms with Gasteiger partial charge in [0.2, 0.25) is 0 Å². The molecule has 0 aromatic carbocycles. The molecule has 0 atom stereocenters. The molecule has 0 unspecified atom stereocenters. The van der Waals surface area contributed by atoms with Crippen molar-refractivity contribution >= 4 is 11.0 Å². The van der Waals surface area contributed by atoms with Gasteiger partial charge in [0.1, 0.15) is 0 Å². The van der Waals surface area contributed by atoms with Crippen LogP contribution in [0.15, 0.2) is 48.8 Å². The van der Waals surface area contributed by atoms with Crippen LogP contribution >= 0.6 is 0 Å². The van der Waals surface area contributed by atoms with Gasteiger partial charge >= 0.3 is 0 Å². The molecule has 0 amide bonds. The molecular weight excluding hydrogens is 176 g/mol. The van der Waals surface area contributed by atoms with Crippen molar-refractivity contribution in [3.63, 3.8) is 0 Å². The summed E-state index contributed by atoms with van der Waals surface area (Å²) in [6, 6.07) is 11.6. The monoisotopic (exact) mass is 188 g/mol. The highest BCUT2D eigenvalue weighted by atomic mass is 28.1. The maximum absolute atomic E-state index is 4.19. The standard InChI is InChI=1S/C10H8N2.H4Si/c1-3-7-11-9(5-1)10-6-2-4-8-12-10;/h1-8H;1H4. The fraction of sp³-hybridized carbons (Fsp3) is 0. The quantitative estimate of drug-likeness (QED) is 0.615. The van der Waals surface area contributed by atoms with Crippen molar-refractivity contribution in [1.29, 1.82) is 0 Å². The Balaban J connectivity index is 0.000000845. The van der Waals surface area contributed by atoms with E-state index in [1.165, 1.54) is 0 Å². The highest BCUT2D eigenvalue weighted by molar-refractivity contribution is 5.75. The van der Waals surface area contributed by atoms with E-state index < -0.39 is 0 Å². The average molecular weight is 188 g/mol. The van der Waals surface area contributed by atoms with Crippen LogP contribution in [0.25, 0.3) is 11.4 Å². The Morgan fingerprint density at radius 1 is 0.692 bits per heavy atom. The van der Waals surface area contributed by atoms with E-state index in [0.29, 0.717) is 0 Å². The van der Waals surface area contributed by atoms with Crippen molar-refractivity contribution < 1.29 is 0 Å². The Morgan fingerprint density at radius 3 is 1.46 bits per heavy atom. The number of hydrogen-bond donors (Lipinski definition) is 0. The molecule has 0 aliphatic heterocycles. The van der Waals surface area contributed by atoms with Crippen molar-refractivity contribution in [2.24, 2.45) is 0 Å². The molecule has 3 heteroatoms. The van der Waals surface area contributed by atoms with Crippen LogP contribution in [0.5, 0.6) is 0 Å². The third-order valence-electron chi connectivity index (χ3n) is 1.59. The molecule has 0 saturated carbocycles. The summed E-state index contributed by atoms with van der Waals surface area (Å²) in [7, 11) is 0. The Kier molecular flexibility index (Phi) is 3.34.